The molecular formula is C19H28N4O2S. The van der Waals surface area contributed by atoms with Crippen LogP contribution in [0.5, 0.6) is 11.5 Å². The van der Waals surface area contributed by atoms with Crippen LogP contribution in [0, 0.1) is 0 Å². The zero-order valence-electron chi connectivity index (χ0n) is 16.2. The average Bonchev–Trinajstić information content (AvgIpc) is 3.07. The van der Waals surface area contributed by atoms with E-state index in [0.29, 0.717) is 12.4 Å². The summed E-state index contributed by atoms with van der Waals surface area (Å²) >= 11 is 1.52. The van der Waals surface area contributed by atoms with Crippen molar-refractivity contribution in [3.8, 4) is 11.5 Å². The lowest BCUT2D eigenvalue weighted by Gasteiger charge is -2.11. The van der Waals surface area contributed by atoms with E-state index < -0.39 is 0 Å². The van der Waals surface area contributed by atoms with Gasteiger partial charge in [-0.05, 0) is 36.4 Å². The monoisotopic (exact) mass is 376 g/mol. The van der Waals surface area contributed by atoms with Crippen LogP contribution in [0.3, 0.4) is 0 Å². The number of nitrogens with zero attached hydrogens (tertiary/aromatic N) is 4. The fourth-order valence-corrected chi connectivity index (χ4v) is 2.85. The van der Waals surface area contributed by atoms with Crippen molar-refractivity contribution in [2.24, 2.45) is 5.10 Å². The second-order valence-electron chi connectivity index (χ2n) is 6.22. The van der Waals surface area contributed by atoms with E-state index in [9.17, 15) is 0 Å². The normalized spacial score (nSPS) is 11.5. The van der Waals surface area contributed by atoms with E-state index >= 15 is 0 Å². The van der Waals surface area contributed by atoms with Gasteiger partial charge in [-0.15, -0.1) is 10.2 Å². The Labute approximate surface area is 160 Å². The Morgan fingerprint density at radius 3 is 2.69 bits per heavy atom. The van der Waals surface area contributed by atoms with Gasteiger partial charge in [0.2, 0.25) is 5.16 Å². The lowest BCUT2D eigenvalue weighted by molar-refractivity contribution is 0.286. The number of methoxy groups -OCH3 is 1. The van der Waals surface area contributed by atoms with Crippen LogP contribution in [0.4, 0.5) is 0 Å². The van der Waals surface area contributed by atoms with Crippen molar-refractivity contribution in [3.05, 3.63) is 29.6 Å². The molecule has 0 fully saturated rings. The third-order valence-corrected chi connectivity index (χ3v) is 4.47. The van der Waals surface area contributed by atoms with Gasteiger partial charge in [0.15, 0.2) is 17.3 Å². The van der Waals surface area contributed by atoms with Gasteiger partial charge in [0, 0.05) is 5.92 Å². The van der Waals surface area contributed by atoms with Crippen molar-refractivity contribution in [1.29, 1.82) is 0 Å². The zero-order valence-corrected chi connectivity index (χ0v) is 17.0. The summed E-state index contributed by atoms with van der Waals surface area (Å²) in [6, 6.07) is 5.83. The van der Waals surface area contributed by atoms with E-state index in [0.717, 1.165) is 28.7 Å². The number of thioether (sulfide) groups is 1. The Bertz CT molecular complexity index is 728. The molecule has 0 saturated heterocycles. The van der Waals surface area contributed by atoms with Crippen molar-refractivity contribution in [2.45, 2.75) is 51.1 Å². The average molecular weight is 377 g/mol. The van der Waals surface area contributed by atoms with Crippen LogP contribution in [0.25, 0.3) is 0 Å². The predicted molar refractivity (Wildman–Crippen MR) is 107 cm³/mol. The first kappa shape index (κ1) is 20.3. The Morgan fingerprint density at radius 1 is 1.23 bits per heavy atom. The molecule has 0 aliphatic carbocycles. The fourth-order valence-electron chi connectivity index (χ4n) is 2.41. The SMILES string of the molecule is CCCCCOc1ccc(/C=N\n2c(SC)nnc2C(C)C)cc1OC. The van der Waals surface area contributed by atoms with Gasteiger partial charge < -0.3 is 9.47 Å². The first-order chi connectivity index (χ1) is 12.6. The van der Waals surface area contributed by atoms with Crippen LogP contribution in [-0.2, 0) is 0 Å². The summed E-state index contributed by atoms with van der Waals surface area (Å²) in [6.07, 6.45) is 7.15. The van der Waals surface area contributed by atoms with E-state index in [4.69, 9.17) is 9.47 Å². The van der Waals surface area contributed by atoms with Gasteiger partial charge in [0.1, 0.15) is 0 Å². The minimum absolute atomic E-state index is 0.244. The molecule has 2 rings (SSSR count). The molecular weight excluding hydrogens is 348 g/mol. The van der Waals surface area contributed by atoms with Crippen LogP contribution in [0.15, 0.2) is 28.5 Å². The van der Waals surface area contributed by atoms with E-state index in [1.807, 2.05) is 24.5 Å². The highest BCUT2D eigenvalue weighted by atomic mass is 32.2. The summed E-state index contributed by atoms with van der Waals surface area (Å²) < 4.78 is 13.1. The van der Waals surface area contributed by atoms with Crippen molar-refractivity contribution < 1.29 is 9.47 Å². The molecule has 6 nitrogen and oxygen atoms in total. The standard InChI is InChI=1S/C19H28N4O2S/c1-6-7-8-11-25-16-10-9-15(12-17(16)24-4)13-20-23-18(14(2)3)21-22-19(23)26-5/h9-10,12-14H,6-8,11H2,1-5H3/b20-13-. The quantitative estimate of drug-likeness (QED) is 0.345. The number of aromatic nitrogens is 3. The maximum absolute atomic E-state index is 5.82. The topological polar surface area (TPSA) is 61.5 Å². The molecule has 0 N–H and O–H groups in total. The summed E-state index contributed by atoms with van der Waals surface area (Å²) in [5.74, 6) is 2.56. The number of hydrogen-bond acceptors (Lipinski definition) is 6. The minimum atomic E-state index is 0.244. The van der Waals surface area contributed by atoms with Crippen LogP contribution >= 0.6 is 11.8 Å². The fraction of sp³-hybridized carbons (Fsp3) is 0.526. The summed E-state index contributed by atoms with van der Waals surface area (Å²) in [7, 11) is 1.65. The molecule has 0 radical (unpaired) electrons. The van der Waals surface area contributed by atoms with Crippen molar-refractivity contribution in [3.63, 3.8) is 0 Å². The number of unbranched alkanes of at least 4 members (excludes halogenated alkanes) is 2. The Kier molecular flexibility index (Phi) is 7.97. The molecule has 1 aromatic heterocycles. The molecule has 1 heterocycles. The lowest BCUT2D eigenvalue weighted by Crippen LogP contribution is -2.02. The molecule has 0 bridgehead atoms. The minimum Gasteiger partial charge on any atom is -0.493 e. The molecule has 0 aliphatic heterocycles. The van der Waals surface area contributed by atoms with Crippen LogP contribution < -0.4 is 9.47 Å². The van der Waals surface area contributed by atoms with Crippen LogP contribution in [0.2, 0.25) is 0 Å². The Morgan fingerprint density at radius 2 is 2.04 bits per heavy atom. The van der Waals surface area contributed by atoms with E-state index in [-0.39, 0.29) is 5.92 Å². The molecule has 0 saturated carbocycles. The third kappa shape index (κ3) is 5.24. The third-order valence-electron chi connectivity index (χ3n) is 3.85. The maximum atomic E-state index is 5.82. The van der Waals surface area contributed by atoms with Gasteiger partial charge in [0.25, 0.3) is 0 Å². The van der Waals surface area contributed by atoms with Gasteiger partial charge in [-0.25, -0.2) is 0 Å². The molecule has 0 atom stereocenters. The second-order valence-corrected chi connectivity index (χ2v) is 7.00. The first-order valence-corrected chi connectivity index (χ1v) is 10.2. The molecule has 142 valence electrons. The summed E-state index contributed by atoms with van der Waals surface area (Å²) in [5, 5.41) is 13.8. The zero-order chi connectivity index (χ0) is 18.9. The Balaban J connectivity index is 2.17. The molecule has 0 aliphatic rings. The number of hydrogen-bond donors (Lipinski definition) is 0. The van der Waals surface area contributed by atoms with Gasteiger partial charge >= 0.3 is 0 Å². The smallest absolute Gasteiger partial charge is 0.211 e. The van der Waals surface area contributed by atoms with Crippen molar-refractivity contribution in [1.82, 2.24) is 14.9 Å². The maximum Gasteiger partial charge on any atom is 0.211 e. The number of benzene rings is 1. The van der Waals surface area contributed by atoms with E-state index in [1.165, 1.54) is 24.6 Å². The molecule has 0 amide bonds. The van der Waals surface area contributed by atoms with Crippen molar-refractivity contribution in [2.75, 3.05) is 20.0 Å². The van der Waals surface area contributed by atoms with E-state index in [1.54, 1.807) is 18.0 Å². The summed E-state index contributed by atoms with van der Waals surface area (Å²) in [4.78, 5) is 0. The van der Waals surface area contributed by atoms with Crippen molar-refractivity contribution >= 4 is 18.0 Å². The van der Waals surface area contributed by atoms with Gasteiger partial charge in [0.05, 0.1) is 19.9 Å². The predicted octanol–water partition coefficient (Wildman–Crippen LogP) is 4.58. The first-order valence-electron chi connectivity index (χ1n) is 8.95. The molecule has 26 heavy (non-hydrogen) atoms. The summed E-state index contributed by atoms with van der Waals surface area (Å²) in [6.45, 7) is 7.03. The molecule has 1 aromatic carbocycles. The highest BCUT2D eigenvalue weighted by Crippen LogP contribution is 2.28. The second kappa shape index (κ2) is 10.2. The van der Waals surface area contributed by atoms with Gasteiger partial charge in [-0.2, -0.15) is 9.78 Å². The van der Waals surface area contributed by atoms with Crippen LogP contribution in [0.1, 0.15) is 57.3 Å². The molecule has 2 aromatic rings. The van der Waals surface area contributed by atoms with E-state index in [2.05, 4.69) is 36.1 Å². The largest absolute Gasteiger partial charge is 0.493 e. The molecule has 0 unspecified atom stereocenters. The molecule has 0 spiro atoms. The Hall–Kier alpha value is -2.02. The highest BCUT2D eigenvalue weighted by molar-refractivity contribution is 7.98. The van der Waals surface area contributed by atoms with Crippen LogP contribution in [-0.4, -0.2) is 41.1 Å². The highest BCUT2D eigenvalue weighted by Gasteiger charge is 2.13. The number of ether oxygens (including phenoxy) is 2. The summed E-state index contributed by atoms with van der Waals surface area (Å²) in [5.41, 5.74) is 0.929. The van der Waals surface area contributed by atoms with Gasteiger partial charge in [-0.1, -0.05) is 45.4 Å². The lowest BCUT2D eigenvalue weighted by atomic mass is 10.2. The number of rotatable bonds is 10. The van der Waals surface area contributed by atoms with Gasteiger partial charge in [-0.3, -0.25) is 0 Å². The molecule has 7 heteroatoms.